The molecule has 0 radical (unpaired) electrons. The van der Waals surface area contributed by atoms with Gasteiger partial charge in [-0.2, -0.15) is 8.78 Å². The van der Waals surface area contributed by atoms with Crippen molar-refractivity contribution >= 4 is 21.6 Å². The Hall–Kier alpha value is -0.820. The highest BCUT2D eigenvalue weighted by Crippen LogP contribution is 2.25. The van der Waals surface area contributed by atoms with Gasteiger partial charge in [0.15, 0.2) is 0 Å². The van der Waals surface area contributed by atoms with Crippen LogP contribution in [0.3, 0.4) is 0 Å². The van der Waals surface area contributed by atoms with Gasteiger partial charge in [0.25, 0.3) is 0 Å². The van der Waals surface area contributed by atoms with Crippen molar-refractivity contribution in [1.82, 2.24) is 0 Å². The summed E-state index contributed by atoms with van der Waals surface area (Å²) in [7, 11) is 0. The van der Waals surface area contributed by atoms with Crippen molar-refractivity contribution < 1.29 is 22.3 Å². The normalized spacial score (nSPS) is 12.1. The molecule has 0 heterocycles. The van der Waals surface area contributed by atoms with Gasteiger partial charge in [-0.15, -0.1) is 0 Å². The minimum atomic E-state index is -4.12. The van der Waals surface area contributed by atoms with Crippen molar-refractivity contribution in [2.45, 2.75) is 19.0 Å². The zero-order valence-corrected chi connectivity index (χ0v) is 10.2. The predicted octanol–water partition coefficient (Wildman–Crippen LogP) is 3.45. The Balaban J connectivity index is 2.51. The Kier molecular flexibility index (Phi) is 4.76. The predicted molar refractivity (Wildman–Crippen MR) is 59.2 cm³/mol. The molecule has 1 rings (SSSR count). The topological polar surface area (TPSA) is 35.2 Å². The minimum absolute atomic E-state index is 0.191. The second-order valence-corrected chi connectivity index (χ2v) is 4.26. The van der Waals surface area contributed by atoms with Crippen LogP contribution < -0.4 is 5.73 Å². The monoisotopic (exact) mass is 315 g/mol. The number of alkyl halides is 4. The van der Waals surface area contributed by atoms with Crippen molar-refractivity contribution in [3.8, 4) is 0 Å². The molecule has 0 aliphatic rings. The first kappa shape index (κ1) is 14.2. The molecular weight excluding hydrogens is 306 g/mol. The molecule has 0 saturated carbocycles. The van der Waals surface area contributed by atoms with Crippen molar-refractivity contribution in [3.05, 3.63) is 28.2 Å². The van der Waals surface area contributed by atoms with E-state index in [4.69, 9.17) is 5.73 Å². The molecule has 0 fully saturated rings. The van der Waals surface area contributed by atoms with E-state index in [9.17, 15) is 17.6 Å². The van der Waals surface area contributed by atoms with Gasteiger partial charge in [-0.3, -0.25) is 0 Å². The summed E-state index contributed by atoms with van der Waals surface area (Å²) >= 11 is 3.16. The molecule has 0 bridgehead atoms. The third-order valence-electron chi connectivity index (χ3n) is 1.95. The van der Waals surface area contributed by atoms with Crippen LogP contribution in [0, 0.1) is 0 Å². The molecule has 2 nitrogen and oxygen atoms in total. The highest BCUT2D eigenvalue weighted by molar-refractivity contribution is 9.10. The molecule has 0 aliphatic heterocycles. The van der Waals surface area contributed by atoms with Gasteiger partial charge in [0.05, 0.1) is 6.61 Å². The van der Waals surface area contributed by atoms with E-state index < -0.39 is 19.0 Å². The second-order valence-electron chi connectivity index (χ2n) is 3.41. The number of nitrogen functional groups attached to an aromatic ring is 1. The fourth-order valence-corrected chi connectivity index (χ4v) is 1.55. The lowest BCUT2D eigenvalue weighted by atomic mass is 10.2. The van der Waals surface area contributed by atoms with Crippen molar-refractivity contribution in [3.63, 3.8) is 0 Å². The molecule has 0 aromatic heterocycles. The zero-order chi connectivity index (χ0) is 13.1. The summed E-state index contributed by atoms with van der Waals surface area (Å²) in [6, 6.07) is 4.71. The quantitative estimate of drug-likeness (QED) is 0.667. The number of ether oxygens (including phenoxy) is 1. The molecule has 96 valence electrons. The fourth-order valence-electron chi connectivity index (χ4n) is 1.04. The number of benzene rings is 1. The van der Waals surface area contributed by atoms with Crippen LogP contribution >= 0.6 is 15.9 Å². The van der Waals surface area contributed by atoms with Crippen LogP contribution in [0.25, 0.3) is 0 Å². The van der Waals surface area contributed by atoms with Crippen LogP contribution in [0.1, 0.15) is 5.56 Å². The van der Waals surface area contributed by atoms with E-state index in [1.54, 1.807) is 18.2 Å². The molecule has 0 aliphatic carbocycles. The van der Waals surface area contributed by atoms with Crippen molar-refractivity contribution in [2.75, 3.05) is 12.3 Å². The van der Waals surface area contributed by atoms with E-state index in [-0.39, 0.29) is 6.61 Å². The van der Waals surface area contributed by atoms with Crippen LogP contribution in [0.5, 0.6) is 0 Å². The Labute approximate surface area is 104 Å². The summed E-state index contributed by atoms with van der Waals surface area (Å²) in [5, 5.41) is 0. The van der Waals surface area contributed by atoms with E-state index in [0.717, 1.165) is 0 Å². The molecule has 1 aromatic carbocycles. The maximum Gasteiger partial charge on any atom is 0.330 e. The number of hydrogen-bond acceptors (Lipinski definition) is 2. The number of halogens is 5. The number of anilines is 1. The molecule has 0 unspecified atom stereocenters. The Morgan fingerprint density at radius 1 is 1.35 bits per heavy atom. The SMILES string of the molecule is Nc1ccc(COCC(F)(F)C(F)F)c(Br)c1. The molecular formula is C10H10BrF4NO. The molecule has 2 N–H and O–H groups in total. The largest absolute Gasteiger partial charge is 0.399 e. The standard InChI is InChI=1S/C10H10BrF4NO/c11-8-3-7(16)2-1-6(8)4-17-5-10(14,15)9(12)13/h1-3,9H,4-5,16H2. The molecule has 1 aromatic rings. The van der Waals surface area contributed by atoms with Gasteiger partial charge in [-0.05, 0) is 17.7 Å². The summed E-state index contributed by atoms with van der Waals surface area (Å²) in [5.74, 6) is -4.12. The summed E-state index contributed by atoms with van der Waals surface area (Å²) in [4.78, 5) is 0. The van der Waals surface area contributed by atoms with E-state index in [0.29, 0.717) is 15.7 Å². The summed E-state index contributed by atoms with van der Waals surface area (Å²) < 4.78 is 53.8. The van der Waals surface area contributed by atoms with Gasteiger partial charge in [-0.1, -0.05) is 22.0 Å². The zero-order valence-electron chi connectivity index (χ0n) is 8.60. The highest BCUT2D eigenvalue weighted by atomic mass is 79.9. The van der Waals surface area contributed by atoms with Gasteiger partial charge < -0.3 is 10.5 Å². The van der Waals surface area contributed by atoms with Gasteiger partial charge in [-0.25, -0.2) is 8.78 Å². The van der Waals surface area contributed by atoms with Crippen molar-refractivity contribution in [1.29, 1.82) is 0 Å². The maximum atomic E-state index is 12.5. The first-order chi connectivity index (χ1) is 7.83. The summed E-state index contributed by atoms with van der Waals surface area (Å²) in [5.41, 5.74) is 6.53. The fraction of sp³-hybridized carbons (Fsp3) is 0.400. The first-order valence-corrected chi connectivity index (χ1v) is 5.40. The van der Waals surface area contributed by atoms with Crippen LogP contribution in [-0.4, -0.2) is 19.0 Å². The first-order valence-electron chi connectivity index (χ1n) is 4.60. The number of rotatable bonds is 5. The van der Waals surface area contributed by atoms with Crippen LogP contribution in [0.2, 0.25) is 0 Å². The molecule has 0 atom stereocenters. The van der Waals surface area contributed by atoms with Crippen LogP contribution in [0.4, 0.5) is 23.2 Å². The van der Waals surface area contributed by atoms with Gasteiger partial charge >= 0.3 is 12.3 Å². The molecule has 7 heteroatoms. The minimum Gasteiger partial charge on any atom is -0.399 e. The van der Waals surface area contributed by atoms with E-state index in [1.807, 2.05) is 0 Å². The Morgan fingerprint density at radius 3 is 2.53 bits per heavy atom. The molecule has 0 amide bonds. The third-order valence-corrected chi connectivity index (χ3v) is 2.69. The highest BCUT2D eigenvalue weighted by Gasteiger charge is 2.40. The third kappa shape index (κ3) is 4.16. The summed E-state index contributed by atoms with van der Waals surface area (Å²) in [6.07, 6.45) is -3.72. The van der Waals surface area contributed by atoms with E-state index in [2.05, 4.69) is 20.7 Å². The second kappa shape index (κ2) is 5.68. The lowest BCUT2D eigenvalue weighted by Crippen LogP contribution is -2.32. The molecule has 0 saturated heterocycles. The van der Waals surface area contributed by atoms with Crippen LogP contribution in [-0.2, 0) is 11.3 Å². The smallest absolute Gasteiger partial charge is 0.330 e. The lowest BCUT2D eigenvalue weighted by Gasteiger charge is -2.15. The maximum absolute atomic E-state index is 12.5. The summed E-state index contributed by atoms with van der Waals surface area (Å²) in [6.45, 7) is -1.51. The Morgan fingerprint density at radius 2 is 2.00 bits per heavy atom. The Bertz CT molecular complexity index is 387. The number of nitrogens with two attached hydrogens (primary N) is 1. The van der Waals surface area contributed by atoms with Gasteiger partial charge in [0.1, 0.15) is 6.61 Å². The average molecular weight is 316 g/mol. The van der Waals surface area contributed by atoms with Crippen LogP contribution in [0.15, 0.2) is 22.7 Å². The van der Waals surface area contributed by atoms with Gasteiger partial charge in [0, 0.05) is 10.2 Å². The van der Waals surface area contributed by atoms with E-state index >= 15 is 0 Å². The van der Waals surface area contributed by atoms with E-state index in [1.165, 1.54) is 0 Å². The molecule has 17 heavy (non-hydrogen) atoms. The lowest BCUT2D eigenvalue weighted by molar-refractivity contribution is -0.168. The van der Waals surface area contributed by atoms with Crippen molar-refractivity contribution in [2.24, 2.45) is 0 Å². The molecule has 0 spiro atoms. The number of hydrogen-bond donors (Lipinski definition) is 1. The van der Waals surface area contributed by atoms with Gasteiger partial charge in [0.2, 0.25) is 0 Å². The average Bonchev–Trinajstić information content (AvgIpc) is 2.21.